The van der Waals surface area contributed by atoms with Crippen LogP contribution < -0.4 is 15.7 Å². The number of aromatic nitrogens is 1. The second kappa shape index (κ2) is 5.42. The number of anilines is 1. The SMILES string of the molecule is COc1ccc(Cl)cc1NC(=O)c1c(C)n(C)oc1=O. The molecular formula is C13H13ClN2O4. The van der Waals surface area contributed by atoms with Gasteiger partial charge in [0, 0.05) is 12.1 Å². The molecule has 1 aromatic carbocycles. The fraction of sp³-hybridized carbons (Fsp3) is 0.231. The summed E-state index contributed by atoms with van der Waals surface area (Å²) >= 11 is 5.88. The lowest BCUT2D eigenvalue weighted by Gasteiger charge is -2.09. The van der Waals surface area contributed by atoms with Gasteiger partial charge in [0.1, 0.15) is 11.3 Å². The van der Waals surface area contributed by atoms with Gasteiger partial charge in [-0.2, -0.15) is 0 Å². The van der Waals surface area contributed by atoms with E-state index < -0.39 is 11.5 Å². The van der Waals surface area contributed by atoms with E-state index in [-0.39, 0.29) is 5.56 Å². The highest BCUT2D eigenvalue weighted by molar-refractivity contribution is 6.31. The van der Waals surface area contributed by atoms with Gasteiger partial charge in [0.05, 0.1) is 18.5 Å². The largest absolute Gasteiger partial charge is 0.495 e. The second-order valence-electron chi connectivity index (χ2n) is 4.14. The molecule has 1 N–H and O–H groups in total. The van der Waals surface area contributed by atoms with Crippen molar-refractivity contribution in [1.29, 1.82) is 0 Å². The molecule has 0 atom stereocenters. The number of rotatable bonds is 3. The Morgan fingerprint density at radius 1 is 1.45 bits per heavy atom. The van der Waals surface area contributed by atoms with E-state index in [1.807, 2.05) is 0 Å². The van der Waals surface area contributed by atoms with Gasteiger partial charge in [-0.1, -0.05) is 11.6 Å². The topological polar surface area (TPSA) is 73.5 Å². The van der Waals surface area contributed by atoms with Crippen molar-refractivity contribution in [3.8, 4) is 5.75 Å². The smallest absolute Gasteiger partial charge is 0.370 e. The molecule has 0 aliphatic rings. The van der Waals surface area contributed by atoms with E-state index in [0.29, 0.717) is 22.2 Å². The van der Waals surface area contributed by atoms with Crippen molar-refractivity contribution >= 4 is 23.2 Å². The quantitative estimate of drug-likeness (QED) is 0.942. The maximum absolute atomic E-state index is 12.2. The highest BCUT2D eigenvalue weighted by Crippen LogP contribution is 2.28. The van der Waals surface area contributed by atoms with Crippen LogP contribution in [0.4, 0.5) is 5.69 Å². The first-order chi connectivity index (χ1) is 9.43. The first-order valence-electron chi connectivity index (χ1n) is 5.76. The molecule has 1 heterocycles. The molecule has 0 unspecified atom stereocenters. The van der Waals surface area contributed by atoms with Gasteiger partial charge in [-0.15, -0.1) is 0 Å². The molecule has 20 heavy (non-hydrogen) atoms. The van der Waals surface area contributed by atoms with Gasteiger partial charge in [0.25, 0.3) is 5.91 Å². The van der Waals surface area contributed by atoms with E-state index in [9.17, 15) is 9.59 Å². The van der Waals surface area contributed by atoms with Crippen molar-refractivity contribution in [3.05, 3.63) is 44.9 Å². The number of aryl methyl sites for hydroxylation is 1. The van der Waals surface area contributed by atoms with Crippen LogP contribution >= 0.6 is 11.6 Å². The lowest BCUT2D eigenvalue weighted by atomic mass is 10.2. The third-order valence-electron chi connectivity index (χ3n) is 2.89. The fourth-order valence-electron chi connectivity index (χ4n) is 1.76. The van der Waals surface area contributed by atoms with Crippen LogP contribution in [0.5, 0.6) is 5.75 Å². The number of hydrogen-bond acceptors (Lipinski definition) is 4. The summed E-state index contributed by atoms with van der Waals surface area (Å²) in [5.41, 5.74) is 0.0826. The third-order valence-corrected chi connectivity index (χ3v) is 3.13. The van der Waals surface area contributed by atoms with Crippen molar-refractivity contribution in [2.45, 2.75) is 6.92 Å². The van der Waals surface area contributed by atoms with Crippen LogP contribution in [0.15, 0.2) is 27.5 Å². The van der Waals surface area contributed by atoms with Crippen molar-refractivity contribution < 1.29 is 14.1 Å². The number of nitrogens with zero attached hydrogens (tertiary/aromatic N) is 1. The average molecular weight is 297 g/mol. The van der Waals surface area contributed by atoms with E-state index in [0.717, 1.165) is 0 Å². The van der Waals surface area contributed by atoms with Gasteiger partial charge in [0.15, 0.2) is 0 Å². The van der Waals surface area contributed by atoms with Gasteiger partial charge in [-0.25, -0.2) is 9.53 Å². The van der Waals surface area contributed by atoms with Crippen LogP contribution in [0.3, 0.4) is 0 Å². The minimum Gasteiger partial charge on any atom is -0.495 e. The molecule has 0 aliphatic carbocycles. The summed E-state index contributed by atoms with van der Waals surface area (Å²) < 4.78 is 11.2. The second-order valence-corrected chi connectivity index (χ2v) is 4.57. The zero-order valence-corrected chi connectivity index (χ0v) is 11.9. The van der Waals surface area contributed by atoms with Gasteiger partial charge < -0.3 is 14.6 Å². The summed E-state index contributed by atoms with van der Waals surface area (Å²) in [5.74, 6) is -0.127. The molecule has 0 bridgehead atoms. The lowest BCUT2D eigenvalue weighted by Crippen LogP contribution is -2.19. The van der Waals surface area contributed by atoms with Crippen LogP contribution in [-0.2, 0) is 7.05 Å². The zero-order valence-electron chi connectivity index (χ0n) is 11.2. The van der Waals surface area contributed by atoms with Crippen LogP contribution in [0.2, 0.25) is 5.02 Å². The Bertz CT molecular complexity index is 718. The standard InChI is InChI=1S/C13H13ClN2O4/c1-7-11(13(18)20-16(7)2)12(17)15-9-6-8(14)4-5-10(9)19-3/h4-6H,1-3H3,(H,15,17). The predicted molar refractivity (Wildman–Crippen MR) is 74.6 cm³/mol. The molecule has 2 aromatic rings. The van der Waals surface area contributed by atoms with Crippen molar-refractivity contribution in [2.75, 3.05) is 12.4 Å². The third kappa shape index (κ3) is 2.55. The number of halogens is 1. The number of ether oxygens (including phenoxy) is 1. The predicted octanol–water partition coefficient (Wildman–Crippen LogP) is 2.20. The number of amides is 1. The summed E-state index contributed by atoms with van der Waals surface area (Å²) in [4.78, 5) is 23.8. The number of benzene rings is 1. The number of hydrogen-bond donors (Lipinski definition) is 1. The van der Waals surface area contributed by atoms with Crippen LogP contribution in [0, 0.1) is 6.92 Å². The highest BCUT2D eigenvalue weighted by atomic mass is 35.5. The Morgan fingerprint density at radius 2 is 2.15 bits per heavy atom. The molecule has 1 amide bonds. The summed E-state index contributed by atoms with van der Waals surface area (Å²) in [5, 5.41) is 3.03. The number of nitrogens with one attached hydrogen (secondary N) is 1. The normalized spacial score (nSPS) is 10.4. The minimum absolute atomic E-state index is 0.0467. The number of methoxy groups -OCH3 is 1. The van der Waals surface area contributed by atoms with Crippen LogP contribution in [0.25, 0.3) is 0 Å². The van der Waals surface area contributed by atoms with E-state index in [1.165, 1.54) is 17.9 Å². The molecule has 0 aliphatic heterocycles. The molecule has 7 heteroatoms. The summed E-state index contributed by atoms with van der Waals surface area (Å²) in [6.07, 6.45) is 0. The van der Waals surface area contributed by atoms with Gasteiger partial charge in [-0.05, 0) is 25.1 Å². The monoisotopic (exact) mass is 296 g/mol. The number of carbonyl (C=O) groups excluding carboxylic acids is 1. The molecule has 0 saturated heterocycles. The minimum atomic E-state index is -0.691. The van der Waals surface area contributed by atoms with Gasteiger partial charge in [-0.3, -0.25) is 4.79 Å². The van der Waals surface area contributed by atoms with E-state index in [2.05, 4.69) is 5.32 Å². The van der Waals surface area contributed by atoms with E-state index >= 15 is 0 Å². The highest BCUT2D eigenvalue weighted by Gasteiger charge is 2.20. The lowest BCUT2D eigenvalue weighted by molar-refractivity contribution is 0.102. The molecule has 6 nitrogen and oxygen atoms in total. The van der Waals surface area contributed by atoms with Crippen molar-refractivity contribution in [1.82, 2.24) is 4.74 Å². The first-order valence-corrected chi connectivity index (χ1v) is 6.13. The molecule has 2 rings (SSSR count). The Balaban J connectivity index is 2.37. The summed E-state index contributed by atoms with van der Waals surface area (Å²) in [7, 11) is 3.02. The molecule has 0 saturated carbocycles. The van der Waals surface area contributed by atoms with Crippen molar-refractivity contribution in [2.24, 2.45) is 7.05 Å². The number of carbonyl (C=O) groups is 1. The molecule has 0 fully saturated rings. The molecular weight excluding hydrogens is 284 g/mol. The Morgan fingerprint density at radius 3 is 2.70 bits per heavy atom. The molecule has 0 spiro atoms. The van der Waals surface area contributed by atoms with Crippen LogP contribution in [-0.4, -0.2) is 17.8 Å². The Kier molecular flexibility index (Phi) is 3.85. The zero-order chi connectivity index (χ0) is 14.9. The maximum atomic E-state index is 12.2. The van der Waals surface area contributed by atoms with E-state index in [4.69, 9.17) is 20.9 Å². The van der Waals surface area contributed by atoms with Crippen LogP contribution in [0.1, 0.15) is 16.1 Å². The Hall–Kier alpha value is -2.21. The van der Waals surface area contributed by atoms with E-state index in [1.54, 1.807) is 26.1 Å². The fourth-order valence-corrected chi connectivity index (χ4v) is 1.94. The molecule has 0 radical (unpaired) electrons. The average Bonchev–Trinajstić information content (AvgIpc) is 2.63. The van der Waals surface area contributed by atoms with Gasteiger partial charge >= 0.3 is 5.63 Å². The maximum Gasteiger partial charge on any atom is 0.370 e. The first kappa shape index (κ1) is 14.2. The van der Waals surface area contributed by atoms with Gasteiger partial charge in [0.2, 0.25) is 0 Å². The van der Waals surface area contributed by atoms with Crippen molar-refractivity contribution in [3.63, 3.8) is 0 Å². The summed E-state index contributed by atoms with van der Waals surface area (Å²) in [6, 6.07) is 4.80. The summed E-state index contributed by atoms with van der Waals surface area (Å²) in [6.45, 7) is 1.62. The molecule has 1 aromatic heterocycles. The molecule has 106 valence electrons. The Labute approximate surface area is 119 Å².